The number of para-hydroxylation sites is 3. The van der Waals surface area contributed by atoms with Crippen LogP contribution in [0.2, 0.25) is 0 Å². The molecule has 0 saturated carbocycles. The molecule has 0 amide bonds. The number of hydrogen-bond donors (Lipinski definition) is 0. The molecule has 0 saturated heterocycles. The van der Waals surface area contributed by atoms with E-state index in [1.807, 2.05) is 60.7 Å². The molecule has 0 radical (unpaired) electrons. The van der Waals surface area contributed by atoms with E-state index in [4.69, 9.17) is 23.8 Å². The molecule has 0 bridgehead atoms. The molecule has 0 unspecified atom stereocenters. The Morgan fingerprint density at radius 1 is 0.317 bits per heavy atom. The summed E-state index contributed by atoms with van der Waals surface area (Å²) in [6.45, 7) is 0. The average molecular weight is 807 g/mol. The van der Waals surface area contributed by atoms with Gasteiger partial charge >= 0.3 is 0 Å². The quantitative estimate of drug-likeness (QED) is 0.167. The molecule has 0 aliphatic rings. The van der Waals surface area contributed by atoms with Gasteiger partial charge in [-0.05, 0) is 76.9 Å². The largest absolute Gasteiger partial charge is 0.456 e. The smallest absolute Gasteiger partial charge is 0.167 e. The minimum atomic E-state index is 0.526. The second-order valence-corrected chi connectivity index (χ2v) is 15.9. The van der Waals surface area contributed by atoms with Crippen molar-refractivity contribution in [2.24, 2.45) is 0 Å². The summed E-state index contributed by atoms with van der Waals surface area (Å²) < 4.78 is 15.6. The van der Waals surface area contributed by atoms with Gasteiger partial charge in [0.25, 0.3) is 0 Å². The number of hydrogen-bond acceptors (Lipinski definition) is 5. The Bertz CT molecular complexity index is 3900. The molecule has 6 heteroatoms. The van der Waals surface area contributed by atoms with Crippen molar-refractivity contribution < 1.29 is 8.83 Å². The highest BCUT2D eigenvalue weighted by Crippen LogP contribution is 2.43. The molecule has 0 N–H and O–H groups in total. The molecule has 63 heavy (non-hydrogen) atoms. The number of furan rings is 2. The summed E-state index contributed by atoms with van der Waals surface area (Å²) in [6, 6.07) is 71.7. The standard InChI is InChI=1S/C57H34N4O2/c1-4-15-35(16-5-1)39-31-47(36-17-6-2-7-18-36)53-45-22-10-12-25-48(45)61(49(53)32-39)40-28-30-43-44-23-14-24-46(54(44)63-52(43)34-40)57-59-55(37-19-8-3-9-20-37)58-56(60-57)38-27-29-42-41-21-11-13-26-50(41)62-51(42)33-38/h1-34H. The van der Waals surface area contributed by atoms with Crippen LogP contribution in [0.1, 0.15) is 0 Å². The van der Waals surface area contributed by atoms with Gasteiger partial charge in [-0.3, -0.25) is 0 Å². The van der Waals surface area contributed by atoms with Gasteiger partial charge in [0, 0.05) is 55.2 Å². The molecule has 4 heterocycles. The van der Waals surface area contributed by atoms with Gasteiger partial charge in [0.15, 0.2) is 17.5 Å². The molecule has 0 fully saturated rings. The van der Waals surface area contributed by atoms with Crippen LogP contribution in [0.3, 0.4) is 0 Å². The molecule has 9 aromatic carbocycles. The van der Waals surface area contributed by atoms with Crippen molar-refractivity contribution in [1.29, 1.82) is 0 Å². The van der Waals surface area contributed by atoms with Gasteiger partial charge in [0.05, 0.1) is 16.6 Å². The van der Waals surface area contributed by atoms with Crippen molar-refractivity contribution in [2.45, 2.75) is 0 Å². The first-order valence-corrected chi connectivity index (χ1v) is 21.1. The number of nitrogens with zero attached hydrogens (tertiary/aromatic N) is 4. The third-order valence-electron chi connectivity index (χ3n) is 12.3. The van der Waals surface area contributed by atoms with E-state index in [2.05, 4.69) is 150 Å². The minimum Gasteiger partial charge on any atom is -0.456 e. The summed E-state index contributed by atoms with van der Waals surface area (Å²) in [6.07, 6.45) is 0. The average Bonchev–Trinajstić information content (AvgIpc) is 4.03. The van der Waals surface area contributed by atoms with Crippen LogP contribution in [0.15, 0.2) is 215 Å². The van der Waals surface area contributed by atoms with Gasteiger partial charge in [0.1, 0.15) is 22.3 Å². The van der Waals surface area contributed by atoms with E-state index in [0.29, 0.717) is 23.1 Å². The van der Waals surface area contributed by atoms with Gasteiger partial charge < -0.3 is 13.4 Å². The normalized spacial score (nSPS) is 11.8. The zero-order valence-corrected chi connectivity index (χ0v) is 33.7. The summed E-state index contributed by atoms with van der Waals surface area (Å²) in [5.41, 5.74) is 13.6. The van der Waals surface area contributed by atoms with Crippen LogP contribution in [0.5, 0.6) is 0 Å². The van der Waals surface area contributed by atoms with Crippen LogP contribution >= 0.6 is 0 Å². The van der Waals surface area contributed by atoms with E-state index in [9.17, 15) is 0 Å². The predicted molar refractivity (Wildman–Crippen MR) is 256 cm³/mol. The minimum absolute atomic E-state index is 0.526. The monoisotopic (exact) mass is 806 g/mol. The summed E-state index contributed by atoms with van der Waals surface area (Å²) in [5, 5.41) is 6.53. The second-order valence-electron chi connectivity index (χ2n) is 15.9. The molecule has 4 aromatic heterocycles. The summed E-state index contributed by atoms with van der Waals surface area (Å²) in [5.74, 6) is 1.65. The second kappa shape index (κ2) is 14.0. The molecule has 6 nitrogen and oxygen atoms in total. The molecule has 13 rings (SSSR count). The van der Waals surface area contributed by atoms with Gasteiger partial charge in [-0.25, -0.2) is 15.0 Å². The highest BCUT2D eigenvalue weighted by molar-refractivity contribution is 6.17. The maximum absolute atomic E-state index is 6.94. The first-order valence-electron chi connectivity index (χ1n) is 21.1. The highest BCUT2D eigenvalue weighted by Gasteiger charge is 2.22. The van der Waals surface area contributed by atoms with Gasteiger partial charge in [0.2, 0.25) is 0 Å². The lowest BCUT2D eigenvalue weighted by Crippen LogP contribution is -2.00. The number of aromatic nitrogens is 4. The third kappa shape index (κ3) is 5.69. The highest BCUT2D eigenvalue weighted by atomic mass is 16.3. The van der Waals surface area contributed by atoms with Crippen LogP contribution in [-0.4, -0.2) is 19.5 Å². The Labute approximate surface area is 361 Å². The van der Waals surface area contributed by atoms with Crippen LogP contribution in [0.25, 0.3) is 128 Å². The Balaban J connectivity index is 1.00. The Hall–Kier alpha value is -8.61. The number of fused-ring (bicyclic) bond motifs is 9. The zero-order chi connectivity index (χ0) is 41.4. The van der Waals surface area contributed by atoms with Gasteiger partial charge in [-0.2, -0.15) is 0 Å². The van der Waals surface area contributed by atoms with E-state index in [0.717, 1.165) is 77.3 Å². The Morgan fingerprint density at radius 2 is 0.921 bits per heavy atom. The predicted octanol–water partition coefficient (Wildman–Crippen LogP) is 15.1. The Morgan fingerprint density at radius 3 is 1.73 bits per heavy atom. The molecule has 0 aliphatic heterocycles. The maximum atomic E-state index is 6.94. The zero-order valence-electron chi connectivity index (χ0n) is 33.7. The maximum Gasteiger partial charge on any atom is 0.167 e. The fourth-order valence-corrected chi connectivity index (χ4v) is 9.33. The molecule has 0 aliphatic carbocycles. The summed E-state index contributed by atoms with van der Waals surface area (Å²) in [7, 11) is 0. The SMILES string of the molecule is c1ccc(-c2cc(-c3ccccc3)c3c4ccccc4n(-c4ccc5c(c4)oc4c(-c6nc(-c7ccccc7)nc(-c7ccc8c(c7)oc7ccccc78)n6)cccc45)c3c2)cc1. The molecule has 13 aromatic rings. The van der Waals surface area contributed by atoms with E-state index in [1.54, 1.807) is 0 Å². The molecular weight excluding hydrogens is 773 g/mol. The lowest BCUT2D eigenvalue weighted by molar-refractivity contribution is 0.668. The summed E-state index contributed by atoms with van der Waals surface area (Å²) >= 11 is 0. The van der Waals surface area contributed by atoms with Crippen LogP contribution in [0, 0.1) is 0 Å². The third-order valence-corrected chi connectivity index (χ3v) is 12.3. The van der Waals surface area contributed by atoms with Crippen molar-refractivity contribution >= 4 is 65.7 Å². The van der Waals surface area contributed by atoms with E-state index < -0.39 is 0 Å². The van der Waals surface area contributed by atoms with E-state index >= 15 is 0 Å². The van der Waals surface area contributed by atoms with Crippen molar-refractivity contribution in [2.75, 3.05) is 0 Å². The molecule has 0 spiro atoms. The van der Waals surface area contributed by atoms with Crippen LogP contribution in [0.4, 0.5) is 0 Å². The van der Waals surface area contributed by atoms with Crippen molar-refractivity contribution in [3.05, 3.63) is 206 Å². The fraction of sp³-hybridized carbons (Fsp3) is 0. The van der Waals surface area contributed by atoms with Gasteiger partial charge in [-0.1, -0.05) is 146 Å². The Kier molecular flexibility index (Phi) is 7.80. The first-order chi connectivity index (χ1) is 31.2. The van der Waals surface area contributed by atoms with E-state index in [-0.39, 0.29) is 0 Å². The van der Waals surface area contributed by atoms with Crippen LogP contribution in [-0.2, 0) is 0 Å². The molecule has 294 valence electrons. The fourth-order valence-electron chi connectivity index (χ4n) is 9.33. The summed E-state index contributed by atoms with van der Waals surface area (Å²) in [4.78, 5) is 15.3. The lowest BCUT2D eigenvalue weighted by atomic mass is 9.94. The van der Waals surface area contributed by atoms with E-state index in [1.165, 1.54) is 27.5 Å². The van der Waals surface area contributed by atoms with Gasteiger partial charge in [-0.15, -0.1) is 0 Å². The molecular formula is C57H34N4O2. The lowest BCUT2D eigenvalue weighted by Gasteiger charge is -2.12. The first kappa shape index (κ1) is 35.2. The van der Waals surface area contributed by atoms with Crippen molar-refractivity contribution in [3.63, 3.8) is 0 Å². The van der Waals surface area contributed by atoms with Crippen LogP contribution < -0.4 is 0 Å². The number of benzene rings is 9. The topological polar surface area (TPSA) is 69.9 Å². The van der Waals surface area contributed by atoms with Crippen molar-refractivity contribution in [1.82, 2.24) is 19.5 Å². The number of rotatable bonds is 6. The van der Waals surface area contributed by atoms with Crippen molar-refractivity contribution in [3.8, 4) is 62.1 Å². The molecule has 0 atom stereocenters.